The SMILES string of the molecule is CC(=O)/C(=C\N(C)C)c1ccn2ccnc2c1. The summed E-state index contributed by atoms with van der Waals surface area (Å²) in [5, 5.41) is 0. The van der Waals surface area contributed by atoms with Crippen LogP contribution in [0.2, 0.25) is 0 Å². The molecule has 0 unspecified atom stereocenters. The number of hydrogen-bond acceptors (Lipinski definition) is 3. The zero-order chi connectivity index (χ0) is 12.4. The van der Waals surface area contributed by atoms with Gasteiger partial charge in [0.2, 0.25) is 0 Å². The first-order valence-electron chi connectivity index (χ1n) is 5.40. The largest absolute Gasteiger partial charge is 0.383 e. The van der Waals surface area contributed by atoms with E-state index in [-0.39, 0.29) is 5.78 Å². The quantitative estimate of drug-likeness (QED) is 0.753. The fraction of sp³-hybridized carbons (Fsp3) is 0.231. The molecule has 0 aliphatic heterocycles. The highest BCUT2D eigenvalue weighted by Crippen LogP contribution is 2.17. The van der Waals surface area contributed by atoms with Gasteiger partial charge in [-0.3, -0.25) is 4.79 Å². The number of fused-ring (bicyclic) bond motifs is 1. The van der Waals surface area contributed by atoms with Crippen LogP contribution in [-0.2, 0) is 4.79 Å². The van der Waals surface area contributed by atoms with Crippen molar-refractivity contribution in [2.75, 3.05) is 14.1 Å². The minimum absolute atomic E-state index is 0.0506. The zero-order valence-corrected chi connectivity index (χ0v) is 10.2. The fourth-order valence-corrected chi connectivity index (χ4v) is 1.70. The van der Waals surface area contributed by atoms with Crippen LogP contribution in [0, 0.1) is 0 Å². The van der Waals surface area contributed by atoms with Gasteiger partial charge in [0.15, 0.2) is 5.78 Å². The monoisotopic (exact) mass is 229 g/mol. The Morgan fingerprint density at radius 2 is 2.18 bits per heavy atom. The minimum atomic E-state index is 0.0506. The van der Waals surface area contributed by atoms with Gasteiger partial charge in [-0.2, -0.15) is 0 Å². The van der Waals surface area contributed by atoms with E-state index in [1.165, 1.54) is 0 Å². The normalized spacial score (nSPS) is 11.8. The molecular weight excluding hydrogens is 214 g/mol. The average Bonchev–Trinajstić information content (AvgIpc) is 2.72. The summed E-state index contributed by atoms with van der Waals surface area (Å²) >= 11 is 0. The molecule has 88 valence electrons. The molecule has 2 aromatic heterocycles. The van der Waals surface area contributed by atoms with Gasteiger partial charge >= 0.3 is 0 Å². The van der Waals surface area contributed by atoms with Crippen LogP contribution < -0.4 is 0 Å². The lowest BCUT2D eigenvalue weighted by molar-refractivity contribution is -0.111. The van der Waals surface area contributed by atoms with E-state index in [0.29, 0.717) is 5.57 Å². The minimum Gasteiger partial charge on any atom is -0.383 e. The van der Waals surface area contributed by atoms with Crippen LogP contribution in [0.5, 0.6) is 0 Å². The zero-order valence-electron chi connectivity index (χ0n) is 10.2. The second-order valence-corrected chi connectivity index (χ2v) is 4.17. The van der Waals surface area contributed by atoms with Crippen molar-refractivity contribution in [2.24, 2.45) is 0 Å². The molecular formula is C13H15N3O. The number of hydrogen-bond donors (Lipinski definition) is 0. The highest BCUT2D eigenvalue weighted by Gasteiger charge is 2.08. The Hall–Kier alpha value is -2.10. The van der Waals surface area contributed by atoms with Gasteiger partial charge < -0.3 is 9.30 Å². The van der Waals surface area contributed by atoms with Crippen molar-refractivity contribution in [1.82, 2.24) is 14.3 Å². The number of allylic oxidation sites excluding steroid dienone is 1. The van der Waals surface area contributed by atoms with Crippen LogP contribution in [0.3, 0.4) is 0 Å². The Balaban J connectivity index is 2.52. The molecule has 0 aliphatic rings. The summed E-state index contributed by atoms with van der Waals surface area (Å²) in [6.07, 6.45) is 7.35. The van der Waals surface area contributed by atoms with E-state index in [0.717, 1.165) is 11.2 Å². The number of carbonyl (C=O) groups excluding carboxylic acids is 1. The van der Waals surface area contributed by atoms with E-state index in [4.69, 9.17) is 0 Å². The third kappa shape index (κ3) is 2.36. The Kier molecular flexibility index (Phi) is 2.95. The van der Waals surface area contributed by atoms with Crippen LogP contribution in [-0.4, -0.2) is 34.2 Å². The number of ketones is 1. The molecule has 2 rings (SSSR count). The Labute approximate surface area is 100 Å². The van der Waals surface area contributed by atoms with Crippen molar-refractivity contribution in [1.29, 1.82) is 0 Å². The summed E-state index contributed by atoms with van der Waals surface area (Å²) in [7, 11) is 3.80. The van der Waals surface area contributed by atoms with E-state index >= 15 is 0 Å². The molecule has 0 fully saturated rings. The van der Waals surface area contributed by atoms with Gasteiger partial charge in [0.1, 0.15) is 5.65 Å². The van der Waals surface area contributed by atoms with Crippen molar-refractivity contribution < 1.29 is 4.79 Å². The van der Waals surface area contributed by atoms with Gasteiger partial charge in [-0.25, -0.2) is 4.98 Å². The maximum absolute atomic E-state index is 11.6. The Bertz CT molecular complexity index is 581. The molecule has 0 radical (unpaired) electrons. The third-order valence-corrected chi connectivity index (χ3v) is 2.48. The van der Waals surface area contributed by atoms with Crippen LogP contribution in [0.15, 0.2) is 36.9 Å². The second-order valence-electron chi connectivity index (χ2n) is 4.17. The topological polar surface area (TPSA) is 37.6 Å². The van der Waals surface area contributed by atoms with E-state index in [9.17, 15) is 4.79 Å². The molecule has 0 amide bonds. The first-order valence-corrected chi connectivity index (χ1v) is 5.40. The number of nitrogens with zero attached hydrogens (tertiary/aromatic N) is 3. The van der Waals surface area contributed by atoms with E-state index < -0.39 is 0 Å². The van der Waals surface area contributed by atoms with Crippen LogP contribution in [0.25, 0.3) is 11.2 Å². The number of pyridine rings is 1. The van der Waals surface area contributed by atoms with Gasteiger partial charge in [-0.1, -0.05) is 0 Å². The second kappa shape index (κ2) is 4.41. The van der Waals surface area contributed by atoms with E-state index in [2.05, 4.69) is 4.98 Å². The maximum Gasteiger partial charge on any atom is 0.161 e. The smallest absolute Gasteiger partial charge is 0.161 e. The van der Waals surface area contributed by atoms with Crippen molar-refractivity contribution in [3.8, 4) is 0 Å². The van der Waals surface area contributed by atoms with Crippen LogP contribution >= 0.6 is 0 Å². The number of Topliss-reactive ketones (excluding diaryl/α,β-unsaturated/α-hetero) is 1. The fourth-order valence-electron chi connectivity index (χ4n) is 1.70. The molecule has 0 aliphatic carbocycles. The first kappa shape index (κ1) is 11.4. The predicted octanol–water partition coefficient (Wildman–Crippen LogP) is 1.83. The molecule has 4 nitrogen and oxygen atoms in total. The maximum atomic E-state index is 11.6. The summed E-state index contributed by atoms with van der Waals surface area (Å²) in [5.41, 5.74) is 2.43. The first-order chi connectivity index (χ1) is 8.08. The predicted molar refractivity (Wildman–Crippen MR) is 67.5 cm³/mol. The van der Waals surface area contributed by atoms with E-state index in [1.54, 1.807) is 13.1 Å². The van der Waals surface area contributed by atoms with Gasteiger partial charge in [0.05, 0.1) is 0 Å². The molecule has 4 heteroatoms. The molecule has 17 heavy (non-hydrogen) atoms. The Morgan fingerprint density at radius 3 is 2.82 bits per heavy atom. The number of rotatable bonds is 3. The van der Waals surface area contributed by atoms with Gasteiger partial charge in [-0.15, -0.1) is 0 Å². The third-order valence-electron chi connectivity index (χ3n) is 2.48. The van der Waals surface area contributed by atoms with Gasteiger partial charge in [0, 0.05) is 44.5 Å². The highest BCUT2D eigenvalue weighted by atomic mass is 16.1. The number of carbonyl (C=O) groups is 1. The molecule has 0 spiro atoms. The molecule has 0 saturated carbocycles. The molecule has 0 aromatic carbocycles. The molecule has 0 N–H and O–H groups in total. The van der Waals surface area contributed by atoms with Crippen molar-refractivity contribution in [3.63, 3.8) is 0 Å². The average molecular weight is 229 g/mol. The standard InChI is InChI=1S/C13H15N3O/c1-10(17)12(9-15(2)3)11-4-6-16-7-5-14-13(16)8-11/h4-9H,1-3H3/b12-9+. The number of imidazole rings is 1. The highest BCUT2D eigenvalue weighted by molar-refractivity contribution is 6.19. The van der Waals surface area contributed by atoms with Gasteiger partial charge in [-0.05, 0) is 24.6 Å². The van der Waals surface area contributed by atoms with Crippen molar-refractivity contribution in [3.05, 3.63) is 42.5 Å². The molecule has 0 atom stereocenters. The summed E-state index contributed by atoms with van der Waals surface area (Å²) < 4.78 is 1.91. The molecule has 2 heterocycles. The lowest BCUT2D eigenvalue weighted by atomic mass is 10.1. The lowest BCUT2D eigenvalue weighted by Gasteiger charge is -2.10. The van der Waals surface area contributed by atoms with E-state index in [1.807, 2.05) is 54.1 Å². The van der Waals surface area contributed by atoms with Crippen LogP contribution in [0.4, 0.5) is 0 Å². The molecule has 0 bridgehead atoms. The summed E-state index contributed by atoms with van der Waals surface area (Å²) in [5.74, 6) is 0.0506. The van der Waals surface area contributed by atoms with Gasteiger partial charge in [0.25, 0.3) is 0 Å². The molecule has 0 saturated heterocycles. The Morgan fingerprint density at radius 1 is 1.41 bits per heavy atom. The molecule has 2 aromatic rings. The summed E-state index contributed by atoms with van der Waals surface area (Å²) in [6, 6.07) is 3.84. The van der Waals surface area contributed by atoms with Crippen molar-refractivity contribution in [2.45, 2.75) is 6.92 Å². The van der Waals surface area contributed by atoms with Crippen molar-refractivity contribution >= 4 is 17.0 Å². The number of aromatic nitrogens is 2. The summed E-state index contributed by atoms with van der Waals surface area (Å²) in [6.45, 7) is 1.57. The summed E-state index contributed by atoms with van der Waals surface area (Å²) in [4.78, 5) is 17.7. The lowest BCUT2D eigenvalue weighted by Crippen LogP contribution is -2.06. The van der Waals surface area contributed by atoms with Crippen LogP contribution in [0.1, 0.15) is 12.5 Å².